The van der Waals surface area contributed by atoms with Crippen LogP contribution in [0.4, 0.5) is 0 Å². The summed E-state index contributed by atoms with van der Waals surface area (Å²) in [6.07, 6.45) is 6.58. The van der Waals surface area contributed by atoms with E-state index in [1.54, 1.807) is 0 Å². The Hall–Kier alpha value is -0.630. The fourth-order valence-corrected chi connectivity index (χ4v) is 4.39. The van der Waals surface area contributed by atoms with E-state index in [-0.39, 0.29) is 12.0 Å². The van der Waals surface area contributed by atoms with Crippen molar-refractivity contribution in [1.82, 2.24) is 0 Å². The number of carbonyl (C=O) groups excluding carboxylic acids is 1. The Morgan fingerprint density at radius 3 is 2.65 bits per heavy atom. The van der Waals surface area contributed by atoms with Crippen molar-refractivity contribution in [1.29, 1.82) is 0 Å². The second-order valence-electron chi connectivity index (χ2n) is 6.64. The van der Waals surface area contributed by atoms with Gasteiger partial charge in [0.2, 0.25) is 0 Å². The van der Waals surface area contributed by atoms with Crippen molar-refractivity contribution in [3.05, 3.63) is 11.1 Å². The summed E-state index contributed by atoms with van der Waals surface area (Å²) in [6, 6.07) is 0. The smallest absolute Gasteiger partial charge is 0.146 e. The molecule has 1 N–H and O–H groups in total. The van der Waals surface area contributed by atoms with Gasteiger partial charge in [-0.1, -0.05) is 27.2 Å². The molecule has 0 saturated heterocycles. The molecule has 2 aliphatic rings. The molecule has 0 heterocycles. The molecule has 0 aliphatic heterocycles. The van der Waals surface area contributed by atoms with E-state index in [1.165, 1.54) is 12.8 Å². The first kappa shape index (κ1) is 12.8. The van der Waals surface area contributed by atoms with E-state index in [9.17, 15) is 9.90 Å². The first-order chi connectivity index (χ1) is 7.95. The van der Waals surface area contributed by atoms with E-state index in [0.29, 0.717) is 11.3 Å². The van der Waals surface area contributed by atoms with Gasteiger partial charge in [0.15, 0.2) is 0 Å². The van der Waals surface area contributed by atoms with Crippen molar-refractivity contribution >= 4 is 6.29 Å². The quantitative estimate of drug-likeness (QED) is 0.748. The molecule has 2 atom stereocenters. The molecule has 0 aromatic carbocycles. The molecule has 2 nitrogen and oxygen atoms in total. The minimum atomic E-state index is -0.000185. The van der Waals surface area contributed by atoms with Gasteiger partial charge in [0.1, 0.15) is 6.29 Å². The van der Waals surface area contributed by atoms with Crippen molar-refractivity contribution in [2.75, 3.05) is 6.61 Å². The highest BCUT2D eigenvalue weighted by molar-refractivity contribution is 5.77. The number of aldehydes is 1. The molecular weight excluding hydrogens is 212 g/mol. The lowest BCUT2D eigenvalue weighted by Gasteiger charge is -2.54. The molecule has 0 spiro atoms. The summed E-state index contributed by atoms with van der Waals surface area (Å²) in [5.74, 6) is 0.583. The fourth-order valence-electron chi connectivity index (χ4n) is 4.39. The van der Waals surface area contributed by atoms with Gasteiger partial charge in [0, 0.05) is 0 Å². The van der Waals surface area contributed by atoms with Crippen LogP contribution in [0.5, 0.6) is 0 Å². The van der Waals surface area contributed by atoms with Gasteiger partial charge in [-0.25, -0.2) is 0 Å². The zero-order valence-electron chi connectivity index (χ0n) is 11.3. The van der Waals surface area contributed by atoms with E-state index >= 15 is 0 Å². The Morgan fingerprint density at radius 2 is 2.06 bits per heavy atom. The Morgan fingerprint density at radius 1 is 1.35 bits per heavy atom. The molecular formula is C15H24O2. The molecule has 17 heavy (non-hydrogen) atoms. The van der Waals surface area contributed by atoms with Crippen LogP contribution in [-0.4, -0.2) is 18.0 Å². The zero-order chi connectivity index (χ0) is 12.7. The maximum Gasteiger partial charge on any atom is 0.146 e. The predicted molar refractivity (Wildman–Crippen MR) is 68.6 cm³/mol. The monoisotopic (exact) mass is 236 g/mol. The van der Waals surface area contributed by atoms with Crippen LogP contribution >= 0.6 is 0 Å². The summed E-state index contributed by atoms with van der Waals surface area (Å²) >= 11 is 0. The van der Waals surface area contributed by atoms with E-state index in [4.69, 9.17) is 0 Å². The average Bonchev–Trinajstić information content (AvgIpc) is 2.26. The van der Waals surface area contributed by atoms with E-state index < -0.39 is 0 Å². The van der Waals surface area contributed by atoms with Crippen LogP contribution in [0, 0.1) is 16.7 Å². The van der Waals surface area contributed by atoms with E-state index in [1.807, 2.05) is 0 Å². The second kappa shape index (κ2) is 4.24. The summed E-state index contributed by atoms with van der Waals surface area (Å²) < 4.78 is 0. The van der Waals surface area contributed by atoms with Crippen LogP contribution in [0.2, 0.25) is 0 Å². The second-order valence-corrected chi connectivity index (χ2v) is 6.64. The largest absolute Gasteiger partial charge is 0.392 e. The first-order valence-electron chi connectivity index (χ1n) is 6.74. The number of carbonyl (C=O) groups is 1. The normalized spacial score (nSPS) is 36.6. The van der Waals surface area contributed by atoms with Gasteiger partial charge in [-0.05, 0) is 53.6 Å². The summed E-state index contributed by atoms with van der Waals surface area (Å²) in [5.41, 5.74) is 2.21. The molecule has 2 aliphatic carbocycles. The number of aliphatic hydroxyl groups excluding tert-OH is 1. The van der Waals surface area contributed by atoms with Crippen LogP contribution in [0.1, 0.15) is 52.9 Å². The van der Waals surface area contributed by atoms with Crippen LogP contribution < -0.4 is 0 Å². The molecule has 1 saturated carbocycles. The molecule has 0 amide bonds. The highest BCUT2D eigenvalue weighted by Gasteiger charge is 2.50. The fraction of sp³-hybridized carbons (Fsp3) is 0.800. The lowest BCUT2D eigenvalue weighted by Crippen LogP contribution is -2.46. The van der Waals surface area contributed by atoms with Crippen molar-refractivity contribution in [3.8, 4) is 0 Å². The minimum absolute atomic E-state index is 0.000185. The lowest BCUT2D eigenvalue weighted by molar-refractivity contribution is -0.107. The number of aliphatic hydroxyl groups is 1. The Labute approximate surface area is 104 Å². The molecule has 1 fully saturated rings. The molecule has 0 aromatic heterocycles. The van der Waals surface area contributed by atoms with Gasteiger partial charge in [-0.15, -0.1) is 0 Å². The Kier molecular flexibility index (Phi) is 3.19. The van der Waals surface area contributed by atoms with Crippen LogP contribution in [-0.2, 0) is 4.79 Å². The van der Waals surface area contributed by atoms with E-state index in [2.05, 4.69) is 20.8 Å². The maximum atomic E-state index is 11.4. The minimum Gasteiger partial charge on any atom is -0.392 e. The summed E-state index contributed by atoms with van der Waals surface area (Å²) in [6.45, 7) is 6.96. The topological polar surface area (TPSA) is 37.3 Å². The predicted octanol–water partition coefficient (Wildman–Crippen LogP) is 3.10. The Bertz CT molecular complexity index is 354. The molecule has 0 radical (unpaired) electrons. The number of allylic oxidation sites excluding steroid dienone is 1. The molecule has 2 rings (SSSR count). The highest BCUT2D eigenvalue weighted by Crippen LogP contribution is 2.58. The highest BCUT2D eigenvalue weighted by atomic mass is 16.3. The van der Waals surface area contributed by atoms with Crippen LogP contribution in [0.15, 0.2) is 11.1 Å². The SMILES string of the molecule is CC1(C)CCC[C@]2(C)C(C=O)=C(CO)CC[C@@H]12. The summed E-state index contributed by atoms with van der Waals surface area (Å²) in [7, 11) is 0. The van der Waals surface area contributed by atoms with E-state index in [0.717, 1.165) is 36.7 Å². The third kappa shape index (κ3) is 1.87. The van der Waals surface area contributed by atoms with Gasteiger partial charge < -0.3 is 5.11 Å². The standard InChI is InChI=1S/C15H24O2/c1-14(2)7-4-8-15(3)12(10-17)11(9-16)5-6-13(14)15/h10,13,16H,4-9H2,1-3H3/t13-,15+/m0/s1. The van der Waals surface area contributed by atoms with Gasteiger partial charge in [0.05, 0.1) is 6.61 Å². The van der Waals surface area contributed by atoms with Crippen LogP contribution in [0.3, 0.4) is 0 Å². The number of rotatable bonds is 2. The Balaban J connectivity index is 2.47. The van der Waals surface area contributed by atoms with Gasteiger partial charge in [-0.2, -0.15) is 0 Å². The molecule has 2 heteroatoms. The van der Waals surface area contributed by atoms with Crippen molar-refractivity contribution < 1.29 is 9.90 Å². The van der Waals surface area contributed by atoms with Crippen LogP contribution in [0.25, 0.3) is 0 Å². The average molecular weight is 236 g/mol. The van der Waals surface area contributed by atoms with Crippen molar-refractivity contribution in [2.45, 2.75) is 52.9 Å². The summed E-state index contributed by atoms with van der Waals surface area (Å²) in [4.78, 5) is 11.4. The van der Waals surface area contributed by atoms with Crippen molar-refractivity contribution in [3.63, 3.8) is 0 Å². The molecule has 0 unspecified atom stereocenters. The first-order valence-corrected chi connectivity index (χ1v) is 6.74. The molecule has 0 bridgehead atoms. The van der Waals surface area contributed by atoms with Gasteiger partial charge in [0.25, 0.3) is 0 Å². The van der Waals surface area contributed by atoms with Crippen molar-refractivity contribution in [2.24, 2.45) is 16.7 Å². The number of hydrogen-bond donors (Lipinski definition) is 1. The maximum absolute atomic E-state index is 11.4. The third-order valence-corrected chi connectivity index (χ3v) is 5.27. The molecule has 96 valence electrons. The zero-order valence-corrected chi connectivity index (χ0v) is 11.3. The summed E-state index contributed by atoms with van der Waals surface area (Å²) in [5, 5.41) is 9.41. The third-order valence-electron chi connectivity index (χ3n) is 5.27. The lowest BCUT2D eigenvalue weighted by atomic mass is 9.50. The number of hydrogen-bond acceptors (Lipinski definition) is 2. The molecule has 0 aromatic rings. The van der Waals surface area contributed by atoms with Gasteiger partial charge >= 0.3 is 0 Å². The van der Waals surface area contributed by atoms with Gasteiger partial charge in [-0.3, -0.25) is 4.79 Å². The number of fused-ring (bicyclic) bond motifs is 1.